The van der Waals surface area contributed by atoms with Gasteiger partial charge in [0.25, 0.3) is 0 Å². The zero-order chi connectivity index (χ0) is 7.49. The minimum atomic E-state index is -0.583. The van der Waals surface area contributed by atoms with Crippen molar-refractivity contribution in [3.63, 3.8) is 0 Å². The molecule has 0 saturated carbocycles. The van der Waals surface area contributed by atoms with Gasteiger partial charge in [-0.1, -0.05) is 0 Å². The number of nitrogens with two attached hydrogens (primary N) is 1. The van der Waals surface area contributed by atoms with Crippen LogP contribution in [-0.2, 0) is 4.74 Å². The molecule has 0 fully saturated rings. The molecule has 0 radical (unpaired) electrons. The molecule has 56 valence electrons. The molecule has 0 rings (SSSR count). The molecule has 3 heteroatoms. The molecule has 0 heterocycles. The molecule has 0 aromatic carbocycles. The van der Waals surface area contributed by atoms with Crippen LogP contribution in [0, 0.1) is 0 Å². The zero-order valence-corrected chi connectivity index (χ0v) is 6.22. The van der Waals surface area contributed by atoms with Gasteiger partial charge in [-0.25, -0.2) is 0 Å². The molecule has 0 aliphatic rings. The monoisotopic (exact) mass is 133 g/mol. The first kappa shape index (κ1) is 8.88. The summed E-state index contributed by atoms with van der Waals surface area (Å²) in [5.74, 6) is 0. The second-order valence-corrected chi connectivity index (χ2v) is 2.40. The van der Waals surface area contributed by atoms with Gasteiger partial charge in [-0.3, -0.25) is 0 Å². The summed E-state index contributed by atoms with van der Waals surface area (Å²) in [4.78, 5) is 0. The topological polar surface area (TPSA) is 55.5 Å². The maximum absolute atomic E-state index is 9.07. The first-order chi connectivity index (χ1) is 4.06. The SMILES string of the molecule is COC(C)(CN)C(C)O. The van der Waals surface area contributed by atoms with Crippen LogP contribution in [0.25, 0.3) is 0 Å². The summed E-state index contributed by atoms with van der Waals surface area (Å²) in [5.41, 5.74) is 4.75. The van der Waals surface area contributed by atoms with Crippen LogP contribution in [0.3, 0.4) is 0 Å². The van der Waals surface area contributed by atoms with Gasteiger partial charge in [0.2, 0.25) is 0 Å². The maximum Gasteiger partial charge on any atom is 0.103 e. The van der Waals surface area contributed by atoms with Crippen molar-refractivity contribution in [3.05, 3.63) is 0 Å². The molecule has 0 aromatic heterocycles. The van der Waals surface area contributed by atoms with Crippen molar-refractivity contribution in [2.45, 2.75) is 25.6 Å². The fourth-order valence-corrected chi connectivity index (χ4v) is 0.424. The third kappa shape index (κ3) is 1.93. The van der Waals surface area contributed by atoms with E-state index < -0.39 is 11.7 Å². The number of hydrogen-bond acceptors (Lipinski definition) is 3. The lowest BCUT2D eigenvalue weighted by Gasteiger charge is -2.29. The molecule has 9 heavy (non-hydrogen) atoms. The van der Waals surface area contributed by atoms with E-state index in [1.54, 1.807) is 21.0 Å². The standard InChI is InChI=1S/C6H15NO2/c1-5(8)6(2,4-7)9-3/h5,8H,4,7H2,1-3H3. The summed E-state index contributed by atoms with van der Waals surface area (Å²) in [6, 6.07) is 0. The number of hydrogen-bond donors (Lipinski definition) is 2. The highest BCUT2D eigenvalue weighted by Crippen LogP contribution is 2.11. The Hall–Kier alpha value is -0.120. The largest absolute Gasteiger partial charge is 0.390 e. The number of rotatable bonds is 3. The summed E-state index contributed by atoms with van der Waals surface area (Å²) >= 11 is 0. The van der Waals surface area contributed by atoms with Gasteiger partial charge in [-0.2, -0.15) is 0 Å². The van der Waals surface area contributed by atoms with E-state index in [0.717, 1.165) is 0 Å². The Bertz CT molecular complexity index is 79.1. The maximum atomic E-state index is 9.07. The van der Waals surface area contributed by atoms with Gasteiger partial charge in [0.1, 0.15) is 5.60 Å². The Kier molecular flexibility index (Phi) is 3.11. The van der Waals surface area contributed by atoms with Crippen LogP contribution in [0.15, 0.2) is 0 Å². The van der Waals surface area contributed by atoms with Crippen molar-refractivity contribution >= 4 is 0 Å². The number of aliphatic hydroxyl groups excluding tert-OH is 1. The highest BCUT2D eigenvalue weighted by Gasteiger charge is 2.27. The molecule has 0 aromatic rings. The smallest absolute Gasteiger partial charge is 0.103 e. The van der Waals surface area contributed by atoms with Crippen molar-refractivity contribution in [1.82, 2.24) is 0 Å². The van der Waals surface area contributed by atoms with E-state index in [4.69, 9.17) is 15.6 Å². The Morgan fingerprint density at radius 3 is 2.22 bits per heavy atom. The van der Waals surface area contributed by atoms with Gasteiger partial charge in [0.15, 0.2) is 0 Å². The van der Waals surface area contributed by atoms with Crippen molar-refractivity contribution in [2.24, 2.45) is 5.73 Å². The fourth-order valence-electron chi connectivity index (χ4n) is 0.424. The lowest BCUT2D eigenvalue weighted by Crippen LogP contribution is -2.46. The Morgan fingerprint density at radius 2 is 2.22 bits per heavy atom. The van der Waals surface area contributed by atoms with Crippen LogP contribution < -0.4 is 5.73 Å². The van der Waals surface area contributed by atoms with Crippen LogP contribution in [0.4, 0.5) is 0 Å². The minimum Gasteiger partial charge on any atom is -0.390 e. The van der Waals surface area contributed by atoms with E-state index in [-0.39, 0.29) is 0 Å². The summed E-state index contributed by atoms with van der Waals surface area (Å²) < 4.78 is 4.97. The lowest BCUT2D eigenvalue weighted by molar-refractivity contribution is -0.0751. The van der Waals surface area contributed by atoms with Crippen LogP contribution in [0.1, 0.15) is 13.8 Å². The Balaban J connectivity index is 3.92. The minimum absolute atomic E-state index is 0.334. The molecular formula is C6H15NO2. The quantitative estimate of drug-likeness (QED) is 0.557. The average molecular weight is 133 g/mol. The fraction of sp³-hybridized carbons (Fsp3) is 1.00. The van der Waals surface area contributed by atoms with E-state index >= 15 is 0 Å². The molecular weight excluding hydrogens is 118 g/mol. The molecule has 3 N–H and O–H groups in total. The second kappa shape index (κ2) is 3.15. The first-order valence-electron chi connectivity index (χ1n) is 3.00. The van der Waals surface area contributed by atoms with Crippen molar-refractivity contribution in [2.75, 3.05) is 13.7 Å². The average Bonchev–Trinajstić information content (AvgIpc) is 1.86. The predicted octanol–water partition coefficient (Wildman–Crippen LogP) is -0.269. The van der Waals surface area contributed by atoms with Crippen LogP contribution >= 0.6 is 0 Å². The van der Waals surface area contributed by atoms with E-state index in [1.165, 1.54) is 0 Å². The molecule has 0 saturated heterocycles. The van der Waals surface area contributed by atoms with Gasteiger partial charge < -0.3 is 15.6 Å². The molecule has 2 atom stereocenters. The van der Waals surface area contributed by atoms with E-state index in [2.05, 4.69) is 0 Å². The molecule has 3 nitrogen and oxygen atoms in total. The van der Waals surface area contributed by atoms with Gasteiger partial charge in [-0.05, 0) is 13.8 Å². The third-order valence-corrected chi connectivity index (χ3v) is 1.76. The van der Waals surface area contributed by atoms with E-state index in [9.17, 15) is 0 Å². The molecule has 0 bridgehead atoms. The van der Waals surface area contributed by atoms with Crippen molar-refractivity contribution in [3.8, 4) is 0 Å². The summed E-state index contributed by atoms with van der Waals surface area (Å²) in [6.45, 7) is 3.77. The summed E-state index contributed by atoms with van der Waals surface area (Å²) in [5, 5.41) is 9.07. The number of ether oxygens (including phenoxy) is 1. The highest BCUT2D eigenvalue weighted by atomic mass is 16.5. The molecule has 0 amide bonds. The summed E-state index contributed by atoms with van der Waals surface area (Å²) in [7, 11) is 1.54. The first-order valence-corrected chi connectivity index (χ1v) is 3.00. The normalized spacial score (nSPS) is 21.0. The molecule has 0 aliphatic carbocycles. The van der Waals surface area contributed by atoms with Crippen molar-refractivity contribution < 1.29 is 9.84 Å². The highest BCUT2D eigenvalue weighted by molar-refractivity contribution is 4.81. The van der Waals surface area contributed by atoms with E-state index in [1.807, 2.05) is 0 Å². The number of aliphatic hydroxyl groups is 1. The van der Waals surface area contributed by atoms with Crippen LogP contribution in [0.5, 0.6) is 0 Å². The summed E-state index contributed by atoms with van der Waals surface area (Å²) in [6.07, 6.45) is -0.521. The van der Waals surface area contributed by atoms with Gasteiger partial charge in [0, 0.05) is 13.7 Å². The molecule has 2 unspecified atom stereocenters. The Labute approximate surface area is 55.8 Å². The third-order valence-electron chi connectivity index (χ3n) is 1.76. The van der Waals surface area contributed by atoms with Crippen LogP contribution in [-0.4, -0.2) is 30.5 Å². The second-order valence-electron chi connectivity index (χ2n) is 2.40. The lowest BCUT2D eigenvalue weighted by atomic mass is 10.0. The van der Waals surface area contributed by atoms with E-state index in [0.29, 0.717) is 6.54 Å². The number of methoxy groups -OCH3 is 1. The molecule has 0 spiro atoms. The van der Waals surface area contributed by atoms with Crippen molar-refractivity contribution in [1.29, 1.82) is 0 Å². The van der Waals surface area contributed by atoms with Crippen LogP contribution in [0.2, 0.25) is 0 Å². The van der Waals surface area contributed by atoms with Gasteiger partial charge in [0.05, 0.1) is 6.10 Å². The van der Waals surface area contributed by atoms with Gasteiger partial charge in [-0.15, -0.1) is 0 Å². The Morgan fingerprint density at radius 1 is 1.78 bits per heavy atom. The molecule has 0 aliphatic heterocycles. The van der Waals surface area contributed by atoms with Gasteiger partial charge >= 0.3 is 0 Å². The predicted molar refractivity (Wildman–Crippen MR) is 36.1 cm³/mol. The zero-order valence-electron chi connectivity index (χ0n) is 6.22.